The van der Waals surface area contributed by atoms with E-state index in [-0.39, 0.29) is 16.1 Å². The Morgan fingerprint density at radius 2 is 1.52 bits per heavy atom. The third-order valence-electron chi connectivity index (χ3n) is 2.48. The van der Waals surface area contributed by atoms with Crippen LogP contribution >= 0.6 is 11.9 Å². The first-order chi connectivity index (χ1) is 9.99. The van der Waals surface area contributed by atoms with Crippen molar-refractivity contribution in [1.29, 1.82) is 0 Å². The van der Waals surface area contributed by atoms with Crippen molar-refractivity contribution in [2.75, 3.05) is 4.72 Å². The molecule has 21 heavy (non-hydrogen) atoms. The fourth-order valence-electron chi connectivity index (χ4n) is 1.41. The van der Waals surface area contributed by atoms with E-state index < -0.39 is 23.3 Å². The summed E-state index contributed by atoms with van der Waals surface area (Å²) in [7, 11) is 0. The van der Waals surface area contributed by atoms with Crippen molar-refractivity contribution >= 4 is 17.6 Å². The van der Waals surface area contributed by atoms with E-state index in [2.05, 4.69) is 4.72 Å². The largest absolute Gasteiger partial charge is 0.323 e. The van der Waals surface area contributed by atoms with E-state index in [1.807, 2.05) is 13.8 Å². The lowest BCUT2D eigenvalue weighted by Crippen LogP contribution is -1.97. The minimum Gasteiger partial charge on any atom is -0.323 e. The maximum Gasteiger partial charge on any atom is 0.152 e. The quantitative estimate of drug-likeness (QED) is 0.576. The second-order valence-electron chi connectivity index (χ2n) is 3.81. The molecule has 0 aliphatic heterocycles. The first-order valence-corrected chi connectivity index (χ1v) is 7.13. The average Bonchev–Trinajstić information content (AvgIpc) is 2.49. The highest BCUT2D eigenvalue weighted by atomic mass is 32.2. The van der Waals surface area contributed by atoms with Gasteiger partial charge in [0.1, 0.15) is 17.5 Å². The van der Waals surface area contributed by atoms with E-state index in [4.69, 9.17) is 0 Å². The fourth-order valence-corrected chi connectivity index (χ4v) is 2.12. The predicted octanol–water partition coefficient (Wildman–Crippen LogP) is 5.70. The van der Waals surface area contributed by atoms with Gasteiger partial charge in [0.05, 0.1) is 10.6 Å². The second-order valence-corrected chi connectivity index (χ2v) is 4.66. The van der Waals surface area contributed by atoms with E-state index in [0.29, 0.717) is 11.9 Å². The molecular weight excluding hydrogens is 302 g/mol. The van der Waals surface area contributed by atoms with Gasteiger partial charge in [-0.05, 0) is 49.2 Å². The van der Waals surface area contributed by atoms with Gasteiger partial charge in [0.15, 0.2) is 5.82 Å². The fraction of sp³-hybridized carbons (Fsp3) is 0.200. The van der Waals surface area contributed by atoms with Gasteiger partial charge in [-0.15, -0.1) is 0 Å². The molecule has 0 amide bonds. The van der Waals surface area contributed by atoms with Crippen LogP contribution in [0.2, 0.25) is 0 Å². The Bertz CT molecular complexity index is 617. The van der Waals surface area contributed by atoms with E-state index >= 15 is 0 Å². The summed E-state index contributed by atoms with van der Waals surface area (Å²) >= 11 is 0.716. The molecule has 114 valence electrons. The molecule has 0 radical (unpaired) electrons. The Morgan fingerprint density at radius 1 is 0.905 bits per heavy atom. The zero-order valence-corrected chi connectivity index (χ0v) is 12.6. The summed E-state index contributed by atoms with van der Waals surface area (Å²) < 4.78 is 55.5. The Kier molecular flexibility index (Phi) is 6.55. The number of nitrogens with one attached hydrogen (secondary N) is 1. The normalized spacial score (nSPS) is 9.86. The molecule has 0 heterocycles. The molecule has 1 nitrogen and oxygen atoms in total. The minimum absolute atomic E-state index is 0.00700. The maximum atomic E-state index is 13.7. The van der Waals surface area contributed by atoms with Crippen LogP contribution in [0.1, 0.15) is 19.4 Å². The van der Waals surface area contributed by atoms with Gasteiger partial charge < -0.3 is 4.72 Å². The van der Waals surface area contributed by atoms with Gasteiger partial charge in [0, 0.05) is 5.56 Å². The highest BCUT2D eigenvalue weighted by Gasteiger charge is 2.11. The van der Waals surface area contributed by atoms with E-state index in [1.54, 1.807) is 0 Å². The number of anilines is 1. The van der Waals surface area contributed by atoms with Crippen LogP contribution in [-0.2, 0) is 0 Å². The summed E-state index contributed by atoms with van der Waals surface area (Å²) in [6.07, 6.45) is 0. The van der Waals surface area contributed by atoms with Gasteiger partial charge in [0.25, 0.3) is 0 Å². The van der Waals surface area contributed by atoms with Crippen molar-refractivity contribution in [1.82, 2.24) is 0 Å². The Labute approximate surface area is 125 Å². The molecule has 0 bridgehead atoms. The third-order valence-corrected chi connectivity index (χ3v) is 3.34. The highest BCUT2D eigenvalue weighted by molar-refractivity contribution is 8.00. The van der Waals surface area contributed by atoms with Crippen LogP contribution in [0, 0.1) is 30.2 Å². The van der Waals surface area contributed by atoms with Crippen molar-refractivity contribution in [3.8, 4) is 0 Å². The van der Waals surface area contributed by atoms with Crippen LogP contribution in [0.15, 0.2) is 35.2 Å². The molecule has 2 rings (SSSR count). The molecule has 0 aromatic heterocycles. The standard InChI is InChI=1S/C13H9F4NS.C2H6/c1-7-9(15)4-5-11(13(7)17)18-19-12-6-8(14)2-3-10(12)16;1-2/h2-6,18H,1H3;1-2H3. The SMILES string of the molecule is CC.Cc1c(F)ccc(NSc2cc(F)ccc2F)c1F. The Hall–Kier alpha value is -1.69. The average molecular weight is 317 g/mol. The summed E-state index contributed by atoms with van der Waals surface area (Å²) in [5.74, 6) is -2.64. The summed E-state index contributed by atoms with van der Waals surface area (Å²) in [4.78, 5) is -0.0126. The molecule has 0 saturated carbocycles. The molecule has 0 saturated heterocycles. The number of hydrogen-bond acceptors (Lipinski definition) is 2. The monoisotopic (exact) mass is 317 g/mol. The number of halogens is 4. The van der Waals surface area contributed by atoms with E-state index in [9.17, 15) is 17.6 Å². The zero-order chi connectivity index (χ0) is 16.0. The lowest BCUT2D eigenvalue weighted by atomic mass is 10.2. The topological polar surface area (TPSA) is 12.0 Å². The van der Waals surface area contributed by atoms with Crippen LogP contribution < -0.4 is 4.72 Å². The molecule has 0 atom stereocenters. The van der Waals surface area contributed by atoms with Gasteiger partial charge in [-0.2, -0.15) is 0 Å². The maximum absolute atomic E-state index is 13.7. The Morgan fingerprint density at radius 3 is 2.19 bits per heavy atom. The lowest BCUT2D eigenvalue weighted by molar-refractivity contribution is 0.571. The van der Waals surface area contributed by atoms with E-state index in [1.165, 1.54) is 13.0 Å². The summed E-state index contributed by atoms with van der Waals surface area (Å²) in [5, 5.41) is 0. The smallest absolute Gasteiger partial charge is 0.152 e. The van der Waals surface area contributed by atoms with Gasteiger partial charge in [0.2, 0.25) is 0 Å². The first kappa shape index (κ1) is 17.4. The summed E-state index contributed by atoms with van der Waals surface area (Å²) in [6, 6.07) is 5.25. The molecule has 0 aliphatic rings. The van der Waals surface area contributed by atoms with Crippen molar-refractivity contribution in [2.24, 2.45) is 0 Å². The highest BCUT2D eigenvalue weighted by Crippen LogP contribution is 2.27. The van der Waals surface area contributed by atoms with Crippen molar-refractivity contribution < 1.29 is 17.6 Å². The Balaban J connectivity index is 0.00000106. The van der Waals surface area contributed by atoms with Crippen LogP contribution in [0.25, 0.3) is 0 Å². The predicted molar refractivity (Wildman–Crippen MR) is 78.3 cm³/mol. The molecule has 6 heteroatoms. The number of hydrogen-bond donors (Lipinski definition) is 1. The molecular formula is C15H15F4NS. The summed E-state index contributed by atoms with van der Waals surface area (Å²) in [6.45, 7) is 5.29. The molecule has 0 aliphatic carbocycles. The van der Waals surface area contributed by atoms with Gasteiger partial charge in [-0.25, -0.2) is 17.6 Å². The van der Waals surface area contributed by atoms with Crippen LogP contribution in [0.5, 0.6) is 0 Å². The van der Waals surface area contributed by atoms with Gasteiger partial charge in [-0.1, -0.05) is 13.8 Å². The van der Waals surface area contributed by atoms with Crippen molar-refractivity contribution in [3.63, 3.8) is 0 Å². The number of rotatable bonds is 3. The molecule has 0 unspecified atom stereocenters. The van der Waals surface area contributed by atoms with E-state index in [0.717, 1.165) is 24.3 Å². The third kappa shape index (κ3) is 4.39. The van der Waals surface area contributed by atoms with Crippen molar-refractivity contribution in [3.05, 3.63) is 59.2 Å². The van der Waals surface area contributed by atoms with Gasteiger partial charge in [-0.3, -0.25) is 0 Å². The molecule has 0 fully saturated rings. The molecule has 1 N–H and O–H groups in total. The molecule has 2 aromatic carbocycles. The van der Waals surface area contributed by atoms with Crippen LogP contribution in [0.3, 0.4) is 0 Å². The number of benzene rings is 2. The van der Waals surface area contributed by atoms with Crippen LogP contribution in [0.4, 0.5) is 23.2 Å². The lowest BCUT2D eigenvalue weighted by Gasteiger charge is -2.09. The zero-order valence-electron chi connectivity index (χ0n) is 11.8. The van der Waals surface area contributed by atoms with Crippen molar-refractivity contribution in [2.45, 2.75) is 25.7 Å². The minimum atomic E-state index is -0.760. The van der Waals surface area contributed by atoms with Gasteiger partial charge >= 0.3 is 0 Å². The molecule has 2 aromatic rings. The molecule has 0 spiro atoms. The first-order valence-electron chi connectivity index (χ1n) is 6.31. The van der Waals surface area contributed by atoms with Crippen LogP contribution in [-0.4, -0.2) is 0 Å². The second kappa shape index (κ2) is 7.93. The summed E-state index contributed by atoms with van der Waals surface area (Å²) in [5.41, 5.74) is -0.127.